The van der Waals surface area contributed by atoms with Crippen LogP contribution in [0.15, 0.2) is 140 Å². The van der Waals surface area contributed by atoms with Gasteiger partial charge in [-0.2, -0.15) is 5.26 Å². The van der Waals surface area contributed by atoms with Gasteiger partial charge in [0.05, 0.1) is 51.2 Å². The molecule has 0 spiro atoms. The summed E-state index contributed by atoms with van der Waals surface area (Å²) in [6.45, 7) is 8.03. The Hall–Kier alpha value is -6.73. The Bertz CT molecular complexity index is 3090. The zero-order valence-corrected chi connectivity index (χ0v) is 26.7. The summed E-state index contributed by atoms with van der Waals surface area (Å²) >= 11 is 1.83. The Labute approximate surface area is 284 Å². The van der Waals surface area contributed by atoms with Crippen molar-refractivity contribution in [2.45, 2.75) is 0 Å². The van der Waals surface area contributed by atoms with Crippen molar-refractivity contribution < 1.29 is 0 Å². The molecule has 226 valence electrons. The van der Waals surface area contributed by atoms with Crippen LogP contribution in [0.5, 0.6) is 0 Å². The molecule has 10 aromatic rings. The molecule has 0 N–H and O–H groups in total. The van der Waals surface area contributed by atoms with E-state index in [4.69, 9.17) is 6.57 Å². The summed E-state index contributed by atoms with van der Waals surface area (Å²) in [5.41, 5.74) is 9.33. The molecular formula is C43H23N5S. The number of benzene rings is 6. The van der Waals surface area contributed by atoms with Gasteiger partial charge >= 0.3 is 0 Å². The van der Waals surface area contributed by atoms with Crippen LogP contribution in [-0.2, 0) is 0 Å². The maximum atomic E-state index is 9.62. The zero-order chi connectivity index (χ0) is 32.6. The minimum Gasteiger partial charge on any atom is -0.310 e. The van der Waals surface area contributed by atoms with Crippen molar-refractivity contribution >= 4 is 80.8 Å². The third-order valence-corrected chi connectivity index (χ3v) is 10.8. The summed E-state index contributed by atoms with van der Waals surface area (Å²) in [7, 11) is 0. The maximum absolute atomic E-state index is 9.62. The van der Waals surface area contributed by atoms with Gasteiger partial charge in [-0.15, -0.1) is 11.3 Å². The minimum atomic E-state index is 0.561. The van der Waals surface area contributed by atoms with E-state index in [1.165, 1.54) is 31.1 Å². The molecule has 0 aliphatic heterocycles. The van der Waals surface area contributed by atoms with Crippen LogP contribution >= 0.6 is 11.3 Å². The molecule has 0 atom stereocenters. The monoisotopic (exact) mass is 641 g/mol. The van der Waals surface area contributed by atoms with Gasteiger partial charge in [0.1, 0.15) is 0 Å². The highest BCUT2D eigenvalue weighted by molar-refractivity contribution is 7.26. The summed E-state index contributed by atoms with van der Waals surface area (Å²) in [5, 5.41) is 16.6. The van der Waals surface area contributed by atoms with Gasteiger partial charge in [-0.25, -0.2) is 4.85 Å². The molecule has 0 unspecified atom stereocenters. The van der Waals surface area contributed by atoms with Crippen molar-refractivity contribution in [3.63, 3.8) is 0 Å². The molecule has 4 aromatic heterocycles. The van der Waals surface area contributed by atoms with Gasteiger partial charge in [-0.1, -0.05) is 60.7 Å². The molecule has 6 aromatic carbocycles. The second kappa shape index (κ2) is 10.4. The van der Waals surface area contributed by atoms with Gasteiger partial charge in [0.15, 0.2) is 5.69 Å². The van der Waals surface area contributed by atoms with E-state index in [-0.39, 0.29) is 0 Å². The van der Waals surface area contributed by atoms with Crippen molar-refractivity contribution in [2.24, 2.45) is 0 Å². The van der Waals surface area contributed by atoms with Crippen molar-refractivity contribution in [3.8, 4) is 28.6 Å². The fraction of sp³-hybridized carbons (Fsp3) is 0. The molecule has 0 bridgehead atoms. The van der Waals surface area contributed by atoms with Crippen molar-refractivity contribution in [1.82, 2.24) is 14.1 Å². The molecule has 10 rings (SSSR count). The van der Waals surface area contributed by atoms with Gasteiger partial charge in [0.2, 0.25) is 0 Å². The second-order valence-electron chi connectivity index (χ2n) is 12.3. The van der Waals surface area contributed by atoms with Crippen LogP contribution in [0.2, 0.25) is 0 Å². The summed E-state index contributed by atoms with van der Waals surface area (Å²) in [6.07, 6.45) is 3.82. The molecule has 0 fully saturated rings. The quantitative estimate of drug-likeness (QED) is 0.180. The number of pyridine rings is 1. The van der Waals surface area contributed by atoms with E-state index in [9.17, 15) is 5.26 Å². The standard InChI is InChI=1S/C43H23N5S/c1-45-29-20-28(22-31(23-29)47-38-11-4-2-9-32(38)37-19-26(24-44)13-16-39(37)47)27-7-6-8-30(21-27)48-40-25-46-18-17-33(40)35-14-15-36-34-10-3-5-12-41(34)49-43(36)42(35)48/h2-23,25H. The number of nitrogens with zero attached hydrogens (tertiary/aromatic N) is 5. The van der Waals surface area contributed by atoms with Gasteiger partial charge in [0.25, 0.3) is 0 Å². The van der Waals surface area contributed by atoms with Gasteiger partial charge in [0, 0.05) is 54.6 Å². The number of aromatic nitrogens is 3. The number of rotatable bonds is 3. The summed E-state index contributed by atoms with van der Waals surface area (Å²) < 4.78 is 7.07. The first kappa shape index (κ1) is 27.4. The SMILES string of the molecule is [C-]#[N+]c1cc(-c2cccc(-n3c4cnccc4c4ccc5c6ccccc6sc5c43)c2)cc(-n2c3ccccc3c3cc(C#N)ccc32)c1. The predicted molar refractivity (Wildman–Crippen MR) is 202 cm³/mol. The number of thiophene rings is 1. The van der Waals surface area contributed by atoms with Crippen LogP contribution < -0.4 is 0 Å². The number of hydrogen-bond donors (Lipinski definition) is 0. The van der Waals surface area contributed by atoms with Crippen molar-refractivity contribution in [2.75, 3.05) is 0 Å². The molecule has 0 aliphatic carbocycles. The first-order valence-corrected chi connectivity index (χ1v) is 16.8. The van der Waals surface area contributed by atoms with Crippen molar-refractivity contribution in [3.05, 3.63) is 157 Å². The van der Waals surface area contributed by atoms with Crippen molar-refractivity contribution in [1.29, 1.82) is 5.26 Å². The average Bonchev–Trinajstić information content (AvgIpc) is 3.82. The largest absolute Gasteiger partial charge is 0.310 e. The lowest BCUT2D eigenvalue weighted by molar-refractivity contribution is 1.17. The smallest absolute Gasteiger partial charge is 0.189 e. The highest BCUT2D eigenvalue weighted by Crippen LogP contribution is 2.43. The van der Waals surface area contributed by atoms with E-state index in [2.05, 4.69) is 110 Å². The highest BCUT2D eigenvalue weighted by Gasteiger charge is 2.19. The Balaban J connectivity index is 1.22. The highest BCUT2D eigenvalue weighted by atomic mass is 32.1. The van der Waals surface area contributed by atoms with Crippen LogP contribution in [0.3, 0.4) is 0 Å². The molecule has 0 aliphatic rings. The molecule has 0 saturated heterocycles. The lowest BCUT2D eigenvalue weighted by Gasteiger charge is -2.14. The van der Waals surface area contributed by atoms with E-state index in [1.54, 1.807) is 0 Å². The molecule has 0 amide bonds. The van der Waals surface area contributed by atoms with Gasteiger partial charge in [-0.05, 0) is 77.9 Å². The van der Waals surface area contributed by atoms with Crippen LogP contribution in [-0.4, -0.2) is 14.1 Å². The predicted octanol–water partition coefficient (Wildman–Crippen LogP) is 11.7. The summed E-state index contributed by atoms with van der Waals surface area (Å²) in [5.74, 6) is 0. The number of hydrogen-bond acceptors (Lipinski definition) is 3. The molecule has 6 heteroatoms. The number of fused-ring (bicyclic) bond motifs is 10. The molecular weight excluding hydrogens is 619 g/mol. The lowest BCUT2D eigenvalue weighted by Crippen LogP contribution is -1.96. The lowest BCUT2D eigenvalue weighted by atomic mass is 10.0. The minimum absolute atomic E-state index is 0.561. The molecule has 4 heterocycles. The molecule has 5 nitrogen and oxygen atoms in total. The first-order chi connectivity index (χ1) is 24.2. The van der Waals surface area contributed by atoms with E-state index < -0.39 is 0 Å². The molecule has 49 heavy (non-hydrogen) atoms. The molecule has 0 saturated carbocycles. The molecule has 0 radical (unpaired) electrons. The number of nitriles is 1. The number of para-hydroxylation sites is 1. The average molecular weight is 642 g/mol. The Morgan fingerprint density at radius 1 is 0.612 bits per heavy atom. The van der Waals surface area contributed by atoms with E-state index in [0.717, 1.165) is 55.2 Å². The third kappa shape index (κ3) is 3.99. The Morgan fingerprint density at radius 3 is 2.31 bits per heavy atom. The topological polar surface area (TPSA) is 50.9 Å². The normalized spacial score (nSPS) is 11.6. The fourth-order valence-corrected chi connectivity index (χ4v) is 8.74. The third-order valence-electron chi connectivity index (χ3n) is 9.60. The fourth-order valence-electron chi connectivity index (χ4n) is 7.50. The van der Waals surface area contributed by atoms with E-state index >= 15 is 0 Å². The van der Waals surface area contributed by atoms with Crippen LogP contribution in [0, 0.1) is 17.9 Å². The van der Waals surface area contributed by atoms with E-state index in [1.807, 2.05) is 66.2 Å². The summed E-state index contributed by atoms with van der Waals surface area (Å²) in [4.78, 5) is 8.46. The second-order valence-corrected chi connectivity index (χ2v) is 13.3. The first-order valence-electron chi connectivity index (χ1n) is 16.0. The Kier molecular flexibility index (Phi) is 5.81. The van der Waals surface area contributed by atoms with Crippen LogP contribution in [0.4, 0.5) is 5.69 Å². The van der Waals surface area contributed by atoms with Crippen LogP contribution in [0.25, 0.3) is 91.1 Å². The van der Waals surface area contributed by atoms with Crippen LogP contribution in [0.1, 0.15) is 5.56 Å². The van der Waals surface area contributed by atoms with Gasteiger partial charge < -0.3 is 9.13 Å². The Morgan fingerprint density at radius 2 is 1.41 bits per heavy atom. The zero-order valence-electron chi connectivity index (χ0n) is 25.9. The van der Waals surface area contributed by atoms with E-state index in [0.29, 0.717) is 11.3 Å². The summed E-state index contributed by atoms with van der Waals surface area (Å²) in [6, 6.07) is 46.2. The van der Waals surface area contributed by atoms with Gasteiger partial charge in [-0.3, -0.25) is 4.98 Å². The maximum Gasteiger partial charge on any atom is 0.189 e.